The molecular weight excluding hydrogens is 198 g/mol. The first kappa shape index (κ1) is 10.7. The molecular formula is C13H17N3. The van der Waals surface area contributed by atoms with E-state index in [1.54, 1.807) is 0 Å². The standard InChI is InChI=1S/C13H17N3/c1-8(2)13-15-9(3)12(16-13)10-5-4-6-11(14)7-10/h4-8H,14H2,1-3H3,(H,15,16). The smallest absolute Gasteiger partial charge is 0.109 e. The van der Waals surface area contributed by atoms with E-state index in [0.717, 1.165) is 28.5 Å². The average Bonchev–Trinajstić information content (AvgIpc) is 2.60. The minimum Gasteiger partial charge on any atom is -0.399 e. The van der Waals surface area contributed by atoms with Crippen LogP contribution in [0.2, 0.25) is 0 Å². The van der Waals surface area contributed by atoms with Crippen molar-refractivity contribution >= 4 is 5.69 Å². The number of aryl methyl sites for hydroxylation is 1. The Morgan fingerprint density at radius 3 is 2.62 bits per heavy atom. The number of imidazole rings is 1. The summed E-state index contributed by atoms with van der Waals surface area (Å²) in [6, 6.07) is 7.82. The first-order valence-electron chi connectivity index (χ1n) is 5.50. The highest BCUT2D eigenvalue weighted by atomic mass is 14.9. The van der Waals surface area contributed by atoms with E-state index in [2.05, 4.69) is 23.8 Å². The molecule has 2 rings (SSSR count). The summed E-state index contributed by atoms with van der Waals surface area (Å²) < 4.78 is 0. The van der Waals surface area contributed by atoms with Gasteiger partial charge in [0.15, 0.2) is 0 Å². The Kier molecular flexibility index (Phi) is 2.69. The van der Waals surface area contributed by atoms with Gasteiger partial charge in [0.2, 0.25) is 0 Å². The molecule has 0 aliphatic heterocycles. The van der Waals surface area contributed by atoms with Gasteiger partial charge in [0.1, 0.15) is 5.82 Å². The maximum Gasteiger partial charge on any atom is 0.109 e. The Balaban J connectivity index is 2.48. The number of benzene rings is 1. The highest BCUT2D eigenvalue weighted by Crippen LogP contribution is 2.24. The number of rotatable bonds is 2. The zero-order chi connectivity index (χ0) is 11.7. The van der Waals surface area contributed by atoms with Gasteiger partial charge in [-0.2, -0.15) is 0 Å². The summed E-state index contributed by atoms with van der Waals surface area (Å²) >= 11 is 0. The van der Waals surface area contributed by atoms with Crippen molar-refractivity contribution in [2.45, 2.75) is 26.7 Å². The van der Waals surface area contributed by atoms with Gasteiger partial charge in [-0.05, 0) is 19.1 Å². The molecule has 1 heterocycles. The third kappa shape index (κ3) is 1.94. The Bertz CT molecular complexity index is 498. The Morgan fingerprint density at radius 2 is 2.06 bits per heavy atom. The molecule has 0 fully saturated rings. The molecule has 0 bridgehead atoms. The second-order valence-corrected chi connectivity index (χ2v) is 4.38. The lowest BCUT2D eigenvalue weighted by Crippen LogP contribution is -1.89. The van der Waals surface area contributed by atoms with Gasteiger partial charge in [-0.25, -0.2) is 4.98 Å². The molecule has 0 aliphatic carbocycles. The average molecular weight is 215 g/mol. The van der Waals surface area contributed by atoms with Gasteiger partial charge in [-0.1, -0.05) is 26.0 Å². The van der Waals surface area contributed by atoms with Crippen molar-refractivity contribution in [2.24, 2.45) is 0 Å². The molecule has 16 heavy (non-hydrogen) atoms. The van der Waals surface area contributed by atoms with E-state index in [1.807, 2.05) is 31.2 Å². The van der Waals surface area contributed by atoms with E-state index in [1.165, 1.54) is 0 Å². The first-order chi connectivity index (χ1) is 7.58. The third-order valence-corrected chi connectivity index (χ3v) is 2.61. The molecule has 3 nitrogen and oxygen atoms in total. The summed E-state index contributed by atoms with van der Waals surface area (Å²) in [7, 11) is 0. The van der Waals surface area contributed by atoms with Crippen molar-refractivity contribution in [3.63, 3.8) is 0 Å². The minimum absolute atomic E-state index is 0.411. The van der Waals surface area contributed by atoms with Crippen LogP contribution in [-0.2, 0) is 0 Å². The summed E-state index contributed by atoms with van der Waals surface area (Å²) in [5.41, 5.74) is 9.70. The fourth-order valence-corrected chi connectivity index (χ4v) is 1.72. The largest absolute Gasteiger partial charge is 0.399 e. The molecule has 0 spiro atoms. The number of nitrogens with two attached hydrogens (primary N) is 1. The molecule has 0 atom stereocenters. The number of nitrogens with zero attached hydrogens (tertiary/aromatic N) is 1. The Hall–Kier alpha value is -1.77. The lowest BCUT2D eigenvalue weighted by atomic mass is 10.1. The molecule has 0 radical (unpaired) electrons. The van der Waals surface area contributed by atoms with Crippen molar-refractivity contribution < 1.29 is 0 Å². The number of aromatic amines is 1. The van der Waals surface area contributed by atoms with Crippen LogP contribution < -0.4 is 5.73 Å². The summed E-state index contributed by atoms with van der Waals surface area (Å²) in [5, 5.41) is 0. The van der Waals surface area contributed by atoms with Crippen LogP contribution in [0.15, 0.2) is 24.3 Å². The summed E-state index contributed by atoms with van der Waals surface area (Å²) in [4.78, 5) is 7.92. The van der Waals surface area contributed by atoms with E-state index in [9.17, 15) is 0 Å². The van der Waals surface area contributed by atoms with Crippen molar-refractivity contribution in [3.05, 3.63) is 35.8 Å². The number of hydrogen-bond donors (Lipinski definition) is 2. The van der Waals surface area contributed by atoms with Gasteiger partial charge in [-0.15, -0.1) is 0 Å². The number of nitrogens with one attached hydrogen (secondary N) is 1. The lowest BCUT2D eigenvalue weighted by molar-refractivity contribution is 0.792. The highest BCUT2D eigenvalue weighted by molar-refractivity contribution is 5.66. The number of aromatic nitrogens is 2. The molecule has 1 aromatic carbocycles. The van der Waals surface area contributed by atoms with Gasteiger partial charge in [0.05, 0.1) is 5.69 Å². The van der Waals surface area contributed by atoms with Crippen LogP contribution in [0.1, 0.15) is 31.3 Å². The van der Waals surface area contributed by atoms with Crippen molar-refractivity contribution in [3.8, 4) is 11.3 Å². The predicted octanol–water partition coefficient (Wildman–Crippen LogP) is 3.09. The summed E-state index contributed by atoms with van der Waals surface area (Å²) in [5.74, 6) is 1.43. The normalized spacial score (nSPS) is 11.0. The monoisotopic (exact) mass is 215 g/mol. The molecule has 0 amide bonds. The van der Waals surface area contributed by atoms with Crippen LogP contribution in [-0.4, -0.2) is 9.97 Å². The molecule has 0 unspecified atom stereocenters. The van der Waals surface area contributed by atoms with Crippen LogP contribution in [0, 0.1) is 6.92 Å². The van der Waals surface area contributed by atoms with E-state index in [4.69, 9.17) is 5.73 Å². The molecule has 2 aromatic rings. The Morgan fingerprint density at radius 1 is 1.31 bits per heavy atom. The van der Waals surface area contributed by atoms with Gasteiger partial charge in [0.25, 0.3) is 0 Å². The molecule has 84 valence electrons. The fraction of sp³-hybridized carbons (Fsp3) is 0.308. The van der Waals surface area contributed by atoms with Gasteiger partial charge >= 0.3 is 0 Å². The maximum absolute atomic E-state index is 5.77. The van der Waals surface area contributed by atoms with E-state index in [0.29, 0.717) is 5.92 Å². The number of H-pyrrole nitrogens is 1. The SMILES string of the molecule is Cc1[nH]c(C(C)C)nc1-c1cccc(N)c1. The molecule has 1 aromatic heterocycles. The number of hydrogen-bond acceptors (Lipinski definition) is 2. The van der Waals surface area contributed by atoms with Crippen LogP contribution in [0.25, 0.3) is 11.3 Å². The topological polar surface area (TPSA) is 54.7 Å². The molecule has 0 saturated carbocycles. The van der Waals surface area contributed by atoms with Crippen LogP contribution >= 0.6 is 0 Å². The highest BCUT2D eigenvalue weighted by Gasteiger charge is 2.10. The van der Waals surface area contributed by atoms with Gasteiger partial charge < -0.3 is 10.7 Å². The van der Waals surface area contributed by atoms with Crippen LogP contribution in [0.5, 0.6) is 0 Å². The fourth-order valence-electron chi connectivity index (χ4n) is 1.72. The zero-order valence-corrected chi connectivity index (χ0v) is 9.91. The quantitative estimate of drug-likeness (QED) is 0.756. The van der Waals surface area contributed by atoms with Crippen LogP contribution in [0.3, 0.4) is 0 Å². The van der Waals surface area contributed by atoms with Gasteiger partial charge in [0, 0.05) is 22.9 Å². The summed E-state index contributed by atoms with van der Waals surface area (Å²) in [6.07, 6.45) is 0. The van der Waals surface area contributed by atoms with Crippen LogP contribution in [0.4, 0.5) is 5.69 Å². The number of nitrogen functional groups attached to an aromatic ring is 1. The molecule has 0 saturated heterocycles. The molecule has 0 aliphatic rings. The van der Waals surface area contributed by atoms with Crippen molar-refractivity contribution in [1.82, 2.24) is 9.97 Å². The van der Waals surface area contributed by atoms with Crippen molar-refractivity contribution in [2.75, 3.05) is 5.73 Å². The van der Waals surface area contributed by atoms with E-state index >= 15 is 0 Å². The second kappa shape index (κ2) is 4.00. The number of anilines is 1. The third-order valence-electron chi connectivity index (χ3n) is 2.61. The van der Waals surface area contributed by atoms with E-state index < -0.39 is 0 Å². The summed E-state index contributed by atoms with van der Waals surface area (Å²) in [6.45, 7) is 6.29. The lowest BCUT2D eigenvalue weighted by Gasteiger charge is -2.00. The zero-order valence-electron chi connectivity index (χ0n) is 9.91. The first-order valence-corrected chi connectivity index (χ1v) is 5.50. The Labute approximate surface area is 95.7 Å². The van der Waals surface area contributed by atoms with E-state index in [-0.39, 0.29) is 0 Å². The molecule has 3 heteroatoms. The maximum atomic E-state index is 5.77. The predicted molar refractivity (Wildman–Crippen MR) is 67.3 cm³/mol. The molecule has 3 N–H and O–H groups in total. The second-order valence-electron chi connectivity index (χ2n) is 4.38. The minimum atomic E-state index is 0.411. The van der Waals surface area contributed by atoms with Crippen molar-refractivity contribution in [1.29, 1.82) is 0 Å². The van der Waals surface area contributed by atoms with Gasteiger partial charge in [-0.3, -0.25) is 0 Å².